The van der Waals surface area contributed by atoms with Crippen molar-refractivity contribution in [2.45, 2.75) is 67.7 Å². The minimum atomic E-state index is 0.750. The molecule has 1 fully saturated rings. The van der Waals surface area contributed by atoms with Crippen LogP contribution in [-0.2, 0) is 0 Å². The van der Waals surface area contributed by atoms with Crippen LogP contribution in [0.15, 0.2) is 0 Å². The lowest BCUT2D eigenvalue weighted by molar-refractivity contribution is 0.736. The summed E-state index contributed by atoms with van der Waals surface area (Å²) in [4.78, 5) is 0. The molecule has 1 nitrogen and oxygen atoms in total. The molecular weight excluding hydrogens is 170 g/mol. The second-order valence-electron chi connectivity index (χ2n) is 4.93. The first-order valence-corrected chi connectivity index (χ1v) is 6.08. The van der Waals surface area contributed by atoms with Crippen LogP contribution in [0, 0.1) is 11.8 Å². The van der Waals surface area contributed by atoms with Gasteiger partial charge in [-0.25, -0.2) is 0 Å². The fraction of sp³-hybridized carbons (Fsp3) is 1.00. The highest BCUT2D eigenvalue weighted by molar-refractivity contribution is 4.50. The van der Waals surface area contributed by atoms with Gasteiger partial charge in [0.15, 0.2) is 0 Å². The molecular formula is C13H33N. The molecule has 0 aromatic rings. The van der Waals surface area contributed by atoms with Crippen molar-refractivity contribution in [3.63, 3.8) is 0 Å². The first kappa shape index (κ1) is 19.5. The van der Waals surface area contributed by atoms with E-state index in [0.717, 1.165) is 18.4 Å². The van der Waals surface area contributed by atoms with Crippen LogP contribution in [0.5, 0.6) is 0 Å². The third-order valence-electron chi connectivity index (χ3n) is 0.354. The van der Waals surface area contributed by atoms with Gasteiger partial charge in [-0.2, -0.15) is 0 Å². The Bertz CT molecular complexity index is 51.4. The molecule has 0 unspecified atom stereocenters. The molecule has 1 heteroatoms. The lowest BCUT2D eigenvalue weighted by Gasteiger charge is -1.79. The standard InChI is InChI=1S/2C4H10.C3H6.C2H7N/c2*1-4(2)3;1-2-3-1;1-2-3/h2*4H,1-3H3;1-3H2;2-3H2,1H3. The summed E-state index contributed by atoms with van der Waals surface area (Å²) in [5, 5.41) is 0. The summed E-state index contributed by atoms with van der Waals surface area (Å²) >= 11 is 0. The first-order valence-electron chi connectivity index (χ1n) is 6.08. The Morgan fingerprint density at radius 3 is 0.857 bits per heavy atom. The maximum absolute atomic E-state index is 4.85. The molecule has 1 aliphatic carbocycles. The maximum atomic E-state index is 4.85. The van der Waals surface area contributed by atoms with E-state index >= 15 is 0 Å². The van der Waals surface area contributed by atoms with E-state index in [1.54, 1.807) is 0 Å². The zero-order chi connectivity index (χ0) is 12.0. The lowest BCUT2D eigenvalue weighted by atomic mass is 10.3. The molecule has 1 rings (SSSR count). The van der Waals surface area contributed by atoms with Crippen molar-refractivity contribution in [3.05, 3.63) is 0 Å². The van der Waals surface area contributed by atoms with Crippen molar-refractivity contribution in [3.8, 4) is 0 Å². The largest absolute Gasteiger partial charge is 0.331 e. The molecule has 0 spiro atoms. The number of nitrogens with two attached hydrogens (primary N) is 1. The van der Waals surface area contributed by atoms with Crippen LogP contribution in [0.2, 0.25) is 0 Å². The molecule has 0 aromatic carbocycles. The van der Waals surface area contributed by atoms with Crippen molar-refractivity contribution >= 4 is 0 Å². The Morgan fingerprint density at radius 1 is 0.786 bits per heavy atom. The Kier molecular flexibility index (Phi) is 26.1. The van der Waals surface area contributed by atoms with Gasteiger partial charge in [-0.05, 0) is 18.4 Å². The molecule has 0 bridgehead atoms. The predicted molar refractivity (Wildman–Crippen MR) is 69.6 cm³/mol. The quantitative estimate of drug-likeness (QED) is 0.618. The molecule has 0 amide bonds. The fourth-order valence-corrected chi connectivity index (χ4v) is 0. The topological polar surface area (TPSA) is 26.0 Å². The van der Waals surface area contributed by atoms with Gasteiger partial charge in [0.25, 0.3) is 0 Å². The molecule has 1 saturated carbocycles. The highest BCUT2D eigenvalue weighted by atomic mass is 14.5. The van der Waals surface area contributed by atoms with Gasteiger partial charge in [0.1, 0.15) is 0 Å². The number of hydrogen-bond acceptors (Lipinski definition) is 1. The Hall–Kier alpha value is -0.0400. The SMILES string of the molecule is C1CC1.CC(C)C.CC(C)C.CCN. The van der Waals surface area contributed by atoms with Crippen molar-refractivity contribution in [2.24, 2.45) is 17.6 Å². The van der Waals surface area contributed by atoms with E-state index in [1.165, 1.54) is 19.3 Å². The molecule has 0 saturated heterocycles. The summed E-state index contributed by atoms with van der Waals surface area (Å²) in [6.07, 6.45) is 4.50. The molecule has 90 valence electrons. The zero-order valence-electron chi connectivity index (χ0n) is 11.6. The first-order chi connectivity index (χ1) is 6.38. The van der Waals surface area contributed by atoms with Gasteiger partial charge in [0.2, 0.25) is 0 Å². The third kappa shape index (κ3) is 1560. The van der Waals surface area contributed by atoms with Crippen LogP contribution < -0.4 is 5.73 Å². The Morgan fingerprint density at radius 2 is 0.857 bits per heavy atom. The second kappa shape index (κ2) is 18.7. The van der Waals surface area contributed by atoms with E-state index in [0.29, 0.717) is 0 Å². The van der Waals surface area contributed by atoms with Crippen molar-refractivity contribution in [1.29, 1.82) is 0 Å². The molecule has 2 N–H and O–H groups in total. The monoisotopic (exact) mass is 203 g/mol. The third-order valence-corrected chi connectivity index (χ3v) is 0.354. The molecule has 1 aliphatic rings. The Labute approximate surface area is 92.5 Å². The summed E-state index contributed by atoms with van der Waals surface area (Å²) in [6.45, 7) is 15.7. The van der Waals surface area contributed by atoms with Crippen LogP contribution in [0.4, 0.5) is 0 Å². The summed E-state index contributed by atoms with van der Waals surface area (Å²) in [5.41, 5.74) is 4.85. The highest BCUT2D eigenvalue weighted by Crippen LogP contribution is 2.14. The van der Waals surface area contributed by atoms with Crippen molar-refractivity contribution < 1.29 is 0 Å². The van der Waals surface area contributed by atoms with Crippen molar-refractivity contribution in [1.82, 2.24) is 0 Å². The normalized spacial score (nSPS) is 11.6. The molecule has 0 radical (unpaired) electrons. The summed E-state index contributed by atoms with van der Waals surface area (Å²) in [6, 6.07) is 0. The second-order valence-corrected chi connectivity index (χ2v) is 4.93. The zero-order valence-corrected chi connectivity index (χ0v) is 11.6. The summed E-state index contributed by atoms with van der Waals surface area (Å²) in [7, 11) is 0. The Balaban J connectivity index is -0.000000116. The van der Waals surface area contributed by atoms with Crippen LogP contribution in [-0.4, -0.2) is 6.54 Å². The van der Waals surface area contributed by atoms with E-state index in [-0.39, 0.29) is 0 Å². The van der Waals surface area contributed by atoms with Gasteiger partial charge in [-0.3, -0.25) is 0 Å². The molecule has 14 heavy (non-hydrogen) atoms. The minimum absolute atomic E-state index is 0.750. The van der Waals surface area contributed by atoms with Gasteiger partial charge in [0, 0.05) is 0 Å². The highest BCUT2D eigenvalue weighted by Gasteiger charge is 1.95. The van der Waals surface area contributed by atoms with Gasteiger partial charge in [0.05, 0.1) is 0 Å². The van der Waals surface area contributed by atoms with E-state index in [2.05, 4.69) is 41.5 Å². The molecule has 0 heterocycles. The van der Waals surface area contributed by atoms with Crippen LogP contribution in [0.25, 0.3) is 0 Å². The molecule has 0 aromatic heterocycles. The van der Waals surface area contributed by atoms with E-state index in [4.69, 9.17) is 5.73 Å². The van der Waals surface area contributed by atoms with Crippen molar-refractivity contribution in [2.75, 3.05) is 6.54 Å². The number of hydrogen-bond donors (Lipinski definition) is 1. The minimum Gasteiger partial charge on any atom is -0.331 e. The predicted octanol–water partition coefficient (Wildman–Crippen LogP) is 4.46. The van der Waals surface area contributed by atoms with Crippen LogP contribution in [0.3, 0.4) is 0 Å². The van der Waals surface area contributed by atoms with Gasteiger partial charge in [-0.1, -0.05) is 67.7 Å². The van der Waals surface area contributed by atoms with E-state index in [9.17, 15) is 0 Å². The maximum Gasteiger partial charge on any atom is -0.0106 e. The van der Waals surface area contributed by atoms with E-state index in [1.807, 2.05) is 6.92 Å². The molecule has 0 aliphatic heterocycles. The van der Waals surface area contributed by atoms with Gasteiger partial charge in [-0.15, -0.1) is 0 Å². The van der Waals surface area contributed by atoms with Crippen LogP contribution >= 0.6 is 0 Å². The lowest BCUT2D eigenvalue weighted by Crippen LogP contribution is -1.87. The smallest absolute Gasteiger partial charge is 0.0106 e. The summed E-state index contributed by atoms with van der Waals surface area (Å²) < 4.78 is 0. The van der Waals surface area contributed by atoms with Gasteiger partial charge >= 0.3 is 0 Å². The van der Waals surface area contributed by atoms with Crippen LogP contribution in [0.1, 0.15) is 67.7 Å². The molecule has 0 atom stereocenters. The summed E-state index contributed by atoms with van der Waals surface area (Å²) in [5.74, 6) is 1.67. The van der Waals surface area contributed by atoms with Gasteiger partial charge < -0.3 is 5.73 Å². The average molecular weight is 203 g/mol. The average Bonchev–Trinajstić information content (AvgIpc) is 2.66. The van der Waals surface area contributed by atoms with E-state index < -0.39 is 0 Å². The fourth-order valence-electron chi connectivity index (χ4n) is 0. The number of rotatable bonds is 0.